The number of carboxylic acids is 1. The van der Waals surface area contributed by atoms with E-state index in [1.165, 1.54) is 11.8 Å². The van der Waals surface area contributed by atoms with Crippen molar-refractivity contribution in [2.45, 2.75) is 17.5 Å². The van der Waals surface area contributed by atoms with Crippen LogP contribution in [0.15, 0.2) is 59.5 Å². The number of para-hydroxylation sites is 1. The SMILES string of the molecule is Nc1ccccc1SCC(NC(=O)OCc1ccccc1)C(=O)O. The van der Waals surface area contributed by atoms with E-state index < -0.39 is 18.1 Å². The molecule has 1 unspecified atom stereocenters. The van der Waals surface area contributed by atoms with Gasteiger partial charge in [-0.1, -0.05) is 42.5 Å². The van der Waals surface area contributed by atoms with Gasteiger partial charge in [0.15, 0.2) is 0 Å². The number of hydrogen-bond donors (Lipinski definition) is 3. The molecule has 2 aromatic carbocycles. The van der Waals surface area contributed by atoms with E-state index in [1.54, 1.807) is 18.2 Å². The average molecular weight is 346 g/mol. The van der Waals surface area contributed by atoms with Gasteiger partial charge in [-0.15, -0.1) is 11.8 Å². The predicted octanol–water partition coefficient (Wildman–Crippen LogP) is 2.74. The third kappa shape index (κ3) is 5.51. The molecule has 0 fully saturated rings. The fourth-order valence-corrected chi connectivity index (χ4v) is 2.85. The zero-order valence-electron chi connectivity index (χ0n) is 12.8. The van der Waals surface area contributed by atoms with E-state index in [9.17, 15) is 14.7 Å². The normalized spacial score (nSPS) is 11.5. The molecule has 4 N–H and O–H groups in total. The van der Waals surface area contributed by atoms with Crippen molar-refractivity contribution in [2.24, 2.45) is 0 Å². The van der Waals surface area contributed by atoms with Gasteiger partial charge in [0.1, 0.15) is 12.6 Å². The van der Waals surface area contributed by atoms with Crippen molar-refractivity contribution >= 4 is 29.5 Å². The number of alkyl carbamates (subject to hydrolysis) is 1. The van der Waals surface area contributed by atoms with Gasteiger partial charge in [0.05, 0.1) is 0 Å². The number of rotatable bonds is 7. The molecule has 1 atom stereocenters. The minimum atomic E-state index is -1.13. The van der Waals surface area contributed by atoms with Crippen LogP contribution in [0.4, 0.5) is 10.5 Å². The van der Waals surface area contributed by atoms with Crippen molar-refractivity contribution in [3.05, 3.63) is 60.2 Å². The first-order chi connectivity index (χ1) is 11.6. The van der Waals surface area contributed by atoms with Crippen LogP contribution in [-0.2, 0) is 16.1 Å². The summed E-state index contributed by atoms with van der Waals surface area (Å²) in [6.45, 7) is 0.0811. The van der Waals surface area contributed by atoms with Crippen LogP contribution in [0.3, 0.4) is 0 Å². The summed E-state index contributed by atoms with van der Waals surface area (Å²) < 4.78 is 5.04. The number of hydrogen-bond acceptors (Lipinski definition) is 5. The molecule has 6 nitrogen and oxygen atoms in total. The first-order valence-electron chi connectivity index (χ1n) is 7.23. The number of aliphatic carboxylic acids is 1. The molecule has 0 aliphatic carbocycles. The van der Waals surface area contributed by atoms with E-state index in [0.29, 0.717) is 5.69 Å². The summed E-state index contributed by atoms with van der Waals surface area (Å²) in [6.07, 6.45) is -0.770. The van der Waals surface area contributed by atoms with Gasteiger partial charge in [0.2, 0.25) is 0 Å². The van der Waals surface area contributed by atoms with E-state index in [1.807, 2.05) is 36.4 Å². The molecule has 1 amide bonds. The number of carboxylic acid groups (broad SMARTS) is 1. The second kappa shape index (κ2) is 8.83. The van der Waals surface area contributed by atoms with Crippen molar-refractivity contribution in [1.29, 1.82) is 0 Å². The lowest BCUT2D eigenvalue weighted by Gasteiger charge is -2.15. The van der Waals surface area contributed by atoms with Crippen LogP contribution >= 0.6 is 11.8 Å². The van der Waals surface area contributed by atoms with Crippen molar-refractivity contribution in [1.82, 2.24) is 5.32 Å². The average Bonchev–Trinajstić information content (AvgIpc) is 2.58. The molecule has 0 saturated heterocycles. The Kier molecular flexibility index (Phi) is 6.51. The van der Waals surface area contributed by atoms with Gasteiger partial charge < -0.3 is 20.9 Å². The summed E-state index contributed by atoms with van der Waals surface area (Å²) >= 11 is 1.26. The van der Waals surface area contributed by atoms with E-state index >= 15 is 0 Å². The van der Waals surface area contributed by atoms with Gasteiger partial charge in [-0.2, -0.15) is 0 Å². The summed E-state index contributed by atoms with van der Waals surface area (Å²) in [6, 6.07) is 15.2. The highest BCUT2D eigenvalue weighted by molar-refractivity contribution is 7.99. The Morgan fingerprint density at radius 3 is 2.46 bits per heavy atom. The third-order valence-electron chi connectivity index (χ3n) is 3.13. The van der Waals surface area contributed by atoms with Crippen molar-refractivity contribution in [3.8, 4) is 0 Å². The molecule has 0 spiro atoms. The molecule has 126 valence electrons. The van der Waals surface area contributed by atoms with E-state index in [2.05, 4.69) is 5.32 Å². The number of anilines is 1. The first-order valence-corrected chi connectivity index (χ1v) is 8.22. The van der Waals surface area contributed by atoms with E-state index in [-0.39, 0.29) is 12.4 Å². The largest absolute Gasteiger partial charge is 0.480 e. The van der Waals surface area contributed by atoms with Crippen molar-refractivity contribution < 1.29 is 19.4 Å². The van der Waals surface area contributed by atoms with Gasteiger partial charge in [-0.3, -0.25) is 0 Å². The number of benzene rings is 2. The minimum absolute atomic E-state index is 0.0811. The van der Waals surface area contributed by atoms with Crippen LogP contribution < -0.4 is 11.1 Å². The minimum Gasteiger partial charge on any atom is -0.480 e. The molecule has 0 bridgehead atoms. The molecular weight excluding hydrogens is 328 g/mol. The highest BCUT2D eigenvalue weighted by Gasteiger charge is 2.21. The number of carbonyl (C=O) groups is 2. The summed E-state index contributed by atoms with van der Waals surface area (Å²) in [5.74, 6) is -0.988. The lowest BCUT2D eigenvalue weighted by molar-refractivity contribution is -0.138. The number of thioether (sulfide) groups is 1. The van der Waals surface area contributed by atoms with Crippen LogP contribution in [0, 0.1) is 0 Å². The van der Waals surface area contributed by atoms with Crippen molar-refractivity contribution in [2.75, 3.05) is 11.5 Å². The standard InChI is InChI=1S/C17H18N2O4S/c18-13-8-4-5-9-15(13)24-11-14(16(20)21)19-17(22)23-10-12-6-2-1-3-7-12/h1-9,14H,10-11,18H2,(H,19,22)(H,20,21). The summed E-state index contributed by atoms with van der Waals surface area (Å²) in [4.78, 5) is 23.8. The topological polar surface area (TPSA) is 102 Å². The Hall–Kier alpha value is -2.67. The quantitative estimate of drug-likeness (QED) is 0.526. The maximum atomic E-state index is 11.8. The number of ether oxygens (including phenoxy) is 1. The number of nitrogens with two attached hydrogens (primary N) is 1. The molecule has 0 aliphatic heterocycles. The maximum absolute atomic E-state index is 11.8. The lowest BCUT2D eigenvalue weighted by atomic mass is 10.2. The molecule has 0 aliphatic rings. The monoisotopic (exact) mass is 346 g/mol. The second-order valence-electron chi connectivity index (χ2n) is 4.95. The molecule has 7 heteroatoms. The molecule has 0 heterocycles. The Bertz CT molecular complexity index is 694. The van der Waals surface area contributed by atoms with E-state index in [0.717, 1.165) is 10.5 Å². The fourth-order valence-electron chi connectivity index (χ4n) is 1.87. The number of carbonyl (C=O) groups excluding carboxylic acids is 1. The molecule has 0 aromatic heterocycles. The van der Waals surface area contributed by atoms with Gasteiger partial charge in [-0.05, 0) is 17.7 Å². The molecule has 24 heavy (non-hydrogen) atoms. The first kappa shape index (κ1) is 17.7. The Labute approximate surface area is 144 Å². The zero-order chi connectivity index (χ0) is 17.4. The van der Waals surface area contributed by atoms with Gasteiger partial charge in [0.25, 0.3) is 0 Å². The van der Waals surface area contributed by atoms with Gasteiger partial charge in [0, 0.05) is 16.3 Å². The summed E-state index contributed by atoms with van der Waals surface area (Å²) in [5, 5.41) is 11.6. The van der Waals surface area contributed by atoms with Crippen LogP contribution in [0.1, 0.15) is 5.56 Å². The predicted molar refractivity (Wildman–Crippen MR) is 92.8 cm³/mol. The molecule has 0 radical (unpaired) electrons. The molecule has 2 rings (SSSR count). The van der Waals surface area contributed by atoms with Gasteiger partial charge >= 0.3 is 12.1 Å². The third-order valence-corrected chi connectivity index (χ3v) is 4.31. The lowest BCUT2D eigenvalue weighted by Crippen LogP contribution is -2.42. The van der Waals surface area contributed by atoms with E-state index in [4.69, 9.17) is 10.5 Å². The Morgan fingerprint density at radius 1 is 1.12 bits per heavy atom. The highest BCUT2D eigenvalue weighted by atomic mass is 32.2. The van der Waals surface area contributed by atoms with Crippen LogP contribution in [-0.4, -0.2) is 29.0 Å². The van der Waals surface area contributed by atoms with Crippen LogP contribution in [0.2, 0.25) is 0 Å². The fraction of sp³-hybridized carbons (Fsp3) is 0.176. The van der Waals surface area contributed by atoms with Crippen LogP contribution in [0.25, 0.3) is 0 Å². The highest BCUT2D eigenvalue weighted by Crippen LogP contribution is 2.24. The Balaban J connectivity index is 1.85. The Morgan fingerprint density at radius 2 is 1.79 bits per heavy atom. The molecule has 2 aromatic rings. The second-order valence-corrected chi connectivity index (χ2v) is 6.01. The van der Waals surface area contributed by atoms with Crippen molar-refractivity contribution in [3.63, 3.8) is 0 Å². The molecule has 0 saturated carbocycles. The maximum Gasteiger partial charge on any atom is 0.408 e. The smallest absolute Gasteiger partial charge is 0.408 e. The number of nitrogens with one attached hydrogen (secondary N) is 1. The summed E-state index contributed by atoms with van der Waals surface area (Å²) in [5.41, 5.74) is 7.21. The van der Waals surface area contributed by atoms with Gasteiger partial charge in [-0.25, -0.2) is 9.59 Å². The van der Waals surface area contributed by atoms with Crippen LogP contribution in [0.5, 0.6) is 0 Å². The molecular formula is C17H18N2O4S. The summed E-state index contributed by atoms with van der Waals surface area (Å²) in [7, 11) is 0. The zero-order valence-corrected chi connectivity index (χ0v) is 13.7. The number of nitrogen functional groups attached to an aromatic ring is 1. The number of amides is 1.